The Kier molecular flexibility index (Phi) is 16.0. The first-order chi connectivity index (χ1) is 16.4. The average molecular weight is 537 g/mol. The van der Waals surface area contributed by atoms with Crippen LogP contribution in [0.4, 0.5) is 0 Å². The lowest BCUT2D eigenvalue weighted by Crippen LogP contribution is -2.57. The normalized spacial score (nSPS) is 13.9. The molecule has 4 atom stereocenters. The van der Waals surface area contributed by atoms with Crippen LogP contribution in [0.15, 0.2) is 9.98 Å². The summed E-state index contributed by atoms with van der Waals surface area (Å²) >= 11 is 7.89. The fourth-order valence-electron chi connectivity index (χ4n) is 2.64. The quantitative estimate of drug-likeness (QED) is 0.0369. The van der Waals surface area contributed by atoms with Gasteiger partial charge in [0.05, 0.1) is 6.04 Å². The molecule has 0 spiro atoms. The van der Waals surface area contributed by atoms with Crippen LogP contribution >= 0.6 is 25.3 Å². The number of nitrogens with zero attached hydrogens (tertiary/aromatic N) is 2. The molecule has 0 radical (unpaired) electrons. The number of thiol groups is 2. The zero-order valence-electron chi connectivity index (χ0n) is 19.2. The van der Waals surface area contributed by atoms with E-state index in [2.05, 4.69) is 51.2 Å². The van der Waals surface area contributed by atoms with Crippen LogP contribution in [-0.4, -0.2) is 89.5 Å². The van der Waals surface area contributed by atoms with Crippen molar-refractivity contribution < 1.29 is 24.3 Å². The molecule has 0 saturated heterocycles. The Morgan fingerprint density at radius 3 is 1.46 bits per heavy atom. The van der Waals surface area contributed by atoms with Gasteiger partial charge in [-0.05, 0) is 25.7 Å². The summed E-state index contributed by atoms with van der Waals surface area (Å²) in [7, 11) is 0. The van der Waals surface area contributed by atoms with E-state index in [1.807, 2.05) is 0 Å². The van der Waals surface area contributed by atoms with Crippen molar-refractivity contribution in [2.75, 3.05) is 24.6 Å². The van der Waals surface area contributed by atoms with Gasteiger partial charge in [0.2, 0.25) is 17.7 Å². The Morgan fingerprint density at radius 2 is 1.11 bits per heavy atom. The molecular formula is C18H36N10O5S2. The van der Waals surface area contributed by atoms with E-state index in [1.54, 1.807) is 0 Å². The molecule has 35 heavy (non-hydrogen) atoms. The van der Waals surface area contributed by atoms with Gasteiger partial charge in [0, 0.05) is 24.6 Å². The number of nitrogens with two attached hydrogens (primary N) is 5. The number of hydrogen-bond donors (Lipinski definition) is 11. The molecule has 0 aromatic carbocycles. The minimum absolute atomic E-state index is 0.0459. The van der Waals surface area contributed by atoms with Crippen LogP contribution in [0, 0.1) is 0 Å². The molecule has 3 amide bonds. The van der Waals surface area contributed by atoms with E-state index in [1.165, 1.54) is 0 Å². The number of aliphatic imine (C=N–C) groups is 2. The largest absolute Gasteiger partial charge is 0.480 e. The van der Waals surface area contributed by atoms with Gasteiger partial charge in [-0.15, -0.1) is 0 Å². The van der Waals surface area contributed by atoms with E-state index in [4.69, 9.17) is 28.7 Å². The Morgan fingerprint density at radius 1 is 0.714 bits per heavy atom. The smallest absolute Gasteiger partial charge is 0.327 e. The highest BCUT2D eigenvalue weighted by molar-refractivity contribution is 7.80. The molecule has 4 unspecified atom stereocenters. The fourth-order valence-corrected chi connectivity index (χ4v) is 3.05. The minimum Gasteiger partial charge on any atom is -0.480 e. The van der Waals surface area contributed by atoms with E-state index in [-0.39, 0.29) is 49.4 Å². The number of nitrogens with one attached hydrogen (secondary N) is 3. The van der Waals surface area contributed by atoms with Crippen molar-refractivity contribution in [3.05, 3.63) is 0 Å². The molecule has 0 aromatic heterocycles. The van der Waals surface area contributed by atoms with Crippen molar-refractivity contribution in [3.63, 3.8) is 0 Å². The first-order valence-corrected chi connectivity index (χ1v) is 11.9. The summed E-state index contributed by atoms with van der Waals surface area (Å²) in [5.74, 6) is -3.72. The number of carbonyl (C=O) groups is 4. The average Bonchev–Trinajstić information content (AvgIpc) is 2.79. The number of carboxylic acid groups (broad SMARTS) is 1. The SMILES string of the molecule is NC(N)=NCCCC(NC(=O)C(N)CS)C(=O)NC(CCCN=C(N)N)C(=O)NC(CS)C(=O)O. The van der Waals surface area contributed by atoms with Gasteiger partial charge in [0.15, 0.2) is 11.9 Å². The van der Waals surface area contributed by atoms with Gasteiger partial charge in [-0.1, -0.05) is 0 Å². The lowest BCUT2D eigenvalue weighted by molar-refractivity contribution is -0.141. The summed E-state index contributed by atoms with van der Waals surface area (Å²) in [6, 6.07) is -4.45. The van der Waals surface area contributed by atoms with Crippen molar-refractivity contribution in [3.8, 4) is 0 Å². The van der Waals surface area contributed by atoms with Gasteiger partial charge in [-0.3, -0.25) is 24.4 Å². The van der Waals surface area contributed by atoms with Crippen LogP contribution in [0.3, 0.4) is 0 Å². The second kappa shape index (κ2) is 17.5. The molecule has 0 rings (SSSR count). The Hall–Kier alpha value is -2.92. The molecule has 0 fully saturated rings. The van der Waals surface area contributed by atoms with E-state index >= 15 is 0 Å². The number of hydrogen-bond acceptors (Lipinski definition) is 9. The first kappa shape index (κ1) is 32.1. The highest BCUT2D eigenvalue weighted by atomic mass is 32.1. The third-order valence-corrected chi connectivity index (χ3v) is 5.25. The number of guanidine groups is 2. The van der Waals surface area contributed by atoms with Crippen LogP contribution in [-0.2, 0) is 19.2 Å². The van der Waals surface area contributed by atoms with Crippen LogP contribution < -0.4 is 44.6 Å². The second-order valence-corrected chi connectivity index (χ2v) is 8.12. The van der Waals surface area contributed by atoms with Gasteiger partial charge in [-0.2, -0.15) is 25.3 Å². The Balaban J connectivity index is 5.56. The van der Waals surface area contributed by atoms with E-state index in [0.29, 0.717) is 12.8 Å². The van der Waals surface area contributed by atoms with Crippen LogP contribution in [0.1, 0.15) is 25.7 Å². The third kappa shape index (κ3) is 14.2. The lowest BCUT2D eigenvalue weighted by Gasteiger charge is -2.25. The van der Waals surface area contributed by atoms with E-state index < -0.39 is 47.9 Å². The highest BCUT2D eigenvalue weighted by Gasteiger charge is 2.29. The molecule has 200 valence electrons. The summed E-state index contributed by atoms with van der Waals surface area (Å²) in [5.41, 5.74) is 26.8. The number of rotatable bonds is 17. The number of amides is 3. The van der Waals surface area contributed by atoms with Gasteiger partial charge in [-0.25, -0.2) is 4.79 Å². The second-order valence-electron chi connectivity index (χ2n) is 7.39. The van der Waals surface area contributed by atoms with Crippen molar-refractivity contribution in [1.29, 1.82) is 0 Å². The number of aliphatic carboxylic acids is 1. The molecule has 0 aliphatic carbocycles. The van der Waals surface area contributed by atoms with E-state index in [0.717, 1.165) is 0 Å². The van der Waals surface area contributed by atoms with Crippen LogP contribution in [0.5, 0.6) is 0 Å². The Labute approximate surface area is 214 Å². The summed E-state index contributed by atoms with van der Waals surface area (Å²) in [4.78, 5) is 56.9. The molecule has 0 aromatic rings. The van der Waals surface area contributed by atoms with Gasteiger partial charge < -0.3 is 49.7 Å². The molecule has 0 aliphatic rings. The zero-order valence-corrected chi connectivity index (χ0v) is 21.0. The summed E-state index contributed by atoms with van der Waals surface area (Å²) in [6.45, 7) is 0.373. The molecule has 0 heterocycles. The fraction of sp³-hybridized carbons (Fsp3) is 0.667. The van der Waals surface area contributed by atoms with Crippen molar-refractivity contribution in [2.24, 2.45) is 38.7 Å². The minimum atomic E-state index is -1.29. The van der Waals surface area contributed by atoms with Gasteiger partial charge in [0.25, 0.3) is 0 Å². The van der Waals surface area contributed by atoms with Crippen LogP contribution in [0.2, 0.25) is 0 Å². The first-order valence-electron chi connectivity index (χ1n) is 10.6. The molecule has 0 saturated carbocycles. The predicted molar refractivity (Wildman–Crippen MR) is 139 cm³/mol. The standard InChI is InChI=1S/C18H36N10O5S2/c19-9(7-34)13(29)26-10(3-1-5-24-17(20)21)14(30)27-11(4-2-6-25-18(22)23)15(31)28-12(8-35)16(32)33/h9-12,34-35H,1-8,19H2,(H,26,29)(H,27,30)(H,28,31)(H,32,33)(H4,20,21,24)(H4,22,23,25). The molecule has 15 nitrogen and oxygen atoms in total. The molecule has 14 N–H and O–H groups in total. The lowest BCUT2D eigenvalue weighted by atomic mass is 10.1. The molecule has 0 bridgehead atoms. The molecule has 0 aliphatic heterocycles. The van der Waals surface area contributed by atoms with Gasteiger partial charge >= 0.3 is 5.97 Å². The van der Waals surface area contributed by atoms with Crippen molar-refractivity contribution in [2.45, 2.75) is 49.9 Å². The maximum absolute atomic E-state index is 13.0. The summed E-state index contributed by atoms with van der Waals surface area (Å²) in [5, 5.41) is 16.6. The maximum Gasteiger partial charge on any atom is 0.327 e. The number of carboxylic acids is 1. The topological polar surface area (TPSA) is 279 Å². The summed E-state index contributed by atoms with van der Waals surface area (Å²) in [6.07, 6.45) is 0.831. The maximum atomic E-state index is 13.0. The monoisotopic (exact) mass is 536 g/mol. The zero-order chi connectivity index (χ0) is 27.0. The Bertz CT molecular complexity index is 775. The van der Waals surface area contributed by atoms with Crippen LogP contribution in [0.25, 0.3) is 0 Å². The molecular weight excluding hydrogens is 500 g/mol. The highest BCUT2D eigenvalue weighted by Crippen LogP contribution is 2.05. The van der Waals surface area contributed by atoms with Gasteiger partial charge in [0.1, 0.15) is 18.1 Å². The van der Waals surface area contributed by atoms with E-state index in [9.17, 15) is 24.3 Å². The van der Waals surface area contributed by atoms with Crippen molar-refractivity contribution in [1.82, 2.24) is 16.0 Å². The number of carbonyl (C=O) groups excluding carboxylic acids is 3. The molecule has 17 heteroatoms. The van der Waals surface area contributed by atoms with Crippen molar-refractivity contribution >= 4 is 60.9 Å². The third-order valence-electron chi connectivity index (χ3n) is 4.49. The summed E-state index contributed by atoms with van der Waals surface area (Å²) < 4.78 is 0. The predicted octanol–water partition coefficient (Wildman–Crippen LogP) is -4.18.